The van der Waals surface area contributed by atoms with Crippen LogP contribution in [0.1, 0.15) is 32.4 Å². The molecule has 1 saturated heterocycles. The topological polar surface area (TPSA) is 29.5 Å². The van der Waals surface area contributed by atoms with Crippen molar-refractivity contribution in [3.63, 3.8) is 0 Å². The highest BCUT2D eigenvalue weighted by Gasteiger charge is 2.34. The fraction of sp³-hybridized carbons (Fsp3) is 0.571. The normalized spacial score (nSPS) is 23.8. The van der Waals surface area contributed by atoms with Crippen molar-refractivity contribution in [2.24, 2.45) is 0 Å². The highest BCUT2D eigenvalue weighted by atomic mass is 32.2. The molecule has 2 atom stereocenters. The monoisotopic (exact) mass is 267 g/mol. The molecule has 0 radical (unpaired) electrons. The zero-order valence-electron chi connectivity index (χ0n) is 11.3. The van der Waals surface area contributed by atoms with E-state index in [9.17, 15) is 4.21 Å². The van der Waals surface area contributed by atoms with Crippen molar-refractivity contribution in [1.82, 2.24) is 4.31 Å². The summed E-state index contributed by atoms with van der Waals surface area (Å²) in [6.45, 7) is 8.04. The molecule has 0 spiro atoms. The first-order chi connectivity index (χ1) is 8.50. The summed E-state index contributed by atoms with van der Waals surface area (Å²) in [6, 6.07) is 10.3. The van der Waals surface area contributed by atoms with Crippen molar-refractivity contribution in [3.8, 4) is 0 Å². The first-order valence-corrected chi connectivity index (χ1v) is 7.42. The molecule has 0 N–H and O–H groups in total. The van der Waals surface area contributed by atoms with Gasteiger partial charge in [0, 0.05) is 6.54 Å². The van der Waals surface area contributed by atoms with Gasteiger partial charge in [-0.05, 0) is 26.3 Å². The predicted octanol–water partition coefficient (Wildman–Crippen LogP) is 2.52. The molecular formula is C14H21NO2S. The molecule has 0 aromatic heterocycles. The van der Waals surface area contributed by atoms with E-state index in [-0.39, 0.29) is 10.8 Å². The van der Waals surface area contributed by atoms with Crippen molar-refractivity contribution in [1.29, 1.82) is 0 Å². The van der Waals surface area contributed by atoms with Gasteiger partial charge in [-0.15, -0.1) is 0 Å². The third-order valence-electron chi connectivity index (χ3n) is 3.00. The number of rotatable bonds is 2. The van der Waals surface area contributed by atoms with Crippen LogP contribution in [0.2, 0.25) is 0 Å². The minimum Gasteiger partial charge on any atom is -0.378 e. The summed E-state index contributed by atoms with van der Waals surface area (Å²) in [6.07, 6.45) is 0. The number of ether oxygens (including phenoxy) is 1. The Hall–Kier alpha value is -0.710. The Kier molecular flexibility index (Phi) is 4.20. The van der Waals surface area contributed by atoms with E-state index in [1.165, 1.54) is 5.56 Å². The minimum absolute atomic E-state index is 0.0972. The Balaban J connectivity index is 2.24. The standard InChI is InChI=1S/C14H21NO2S/c1-14(2,3)18(16)15-9-10-17-11-13(15)12-7-5-4-6-8-12/h4-8,13H,9-11H2,1-3H3/t13-,18+/m0/s1. The van der Waals surface area contributed by atoms with Crippen molar-refractivity contribution in [2.45, 2.75) is 31.6 Å². The first kappa shape index (κ1) is 13.7. The lowest BCUT2D eigenvalue weighted by Gasteiger charge is -2.38. The quantitative estimate of drug-likeness (QED) is 0.824. The minimum atomic E-state index is -1.00. The molecule has 1 aromatic carbocycles. The summed E-state index contributed by atoms with van der Waals surface area (Å²) in [7, 11) is -1.00. The molecule has 1 fully saturated rings. The van der Waals surface area contributed by atoms with Gasteiger partial charge in [0.1, 0.15) is 11.0 Å². The highest BCUT2D eigenvalue weighted by molar-refractivity contribution is 7.84. The van der Waals surface area contributed by atoms with E-state index < -0.39 is 11.0 Å². The molecular weight excluding hydrogens is 246 g/mol. The maximum atomic E-state index is 12.6. The first-order valence-electron chi connectivity index (χ1n) is 6.31. The molecule has 0 amide bonds. The Morgan fingerprint density at radius 1 is 1.28 bits per heavy atom. The third kappa shape index (κ3) is 2.99. The van der Waals surface area contributed by atoms with Crippen LogP contribution >= 0.6 is 0 Å². The second kappa shape index (κ2) is 5.51. The summed E-state index contributed by atoms with van der Waals surface area (Å²) in [5, 5.41) is 0. The van der Waals surface area contributed by atoms with Crippen LogP contribution in [0.5, 0.6) is 0 Å². The average Bonchev–Trinajstić information content (AvgIpc) is 2.38. The summed E-state index contributed by atoms with van der Waals surface area (Å²) in [5.74, 6) is 0. The van der Waals surface area contributed by atoms with Gasteiger partial charge < -0.3 is 4.74 Å². The Morgan fingerprint density at radius 2 is 1.94 bits per heavy atom. The molecule has 1 aliphatic heterocycles. The molecule has 100 valence electrons. The molecule has 1 aromatic rings. The number of hydrogen-bond acceptors (Lipinski definition) is 2. The van der Waals surface area contributed by atoms with E-state index >= 15 is 0 Å². The molecule has 0 saturated carbocycles. The summed E-state index contributed by atoms with van der Waals surface area (Å²) < 4.78 is 20.0. The molecule has 18 heavy (non-hydrogen) atoms. The second-order valence-electron chi connectivity index (χ2n) is 5.50. The van der Waals surface area contributed by atoms with E-state index in [0.717, 1.165) is 6.54 Å². The maximum Gasteiger partial charge on any atom is 0.100 e. The fourth-order valence-corrected chi connectivity index (χ4v) is 3.43. The van der Waals surface area contributed by atoms with Crippen LogP contribution in [-0.2, 0) is 15.7 Å². The average molecular weight is 267 g/mol. The third-order valence-corrected chi connectivity index (χ3v) is 4.91. The predicted molar refractivity (Wildman–Crippen MR) is 74.6 cm³/mol. The van der Waals surface area contributed by atoms with Crippen LogP contribution in [0, 0.1) is 0 Å². The van der Waals surface area contributed by atoms with Crippen LogP contribution in [0.4, 0.5) is 0 Å². The van der Waals surface area contributed by atoms with E-state index in [2.05, 4.69) is 16.4 Å². The van der Waals surface area contributed by atoms with Crippen molar-refractivity contribution >= 4 is 11.0 Å². The van der Waals surface area contributed by atoms with E-state index in [0.29, 0.717) is 13.2 Å². The van der Waals surface area contributed by atoms with Gasteiger partial charge >= 0.3 is 0 Å². The van der Waals surface area contributed by atoms with E-state index in [4.69, 9.17) is 4.74 Å². The molecule has 3 nitrogen and oxygen atoms in total. The molecule has 1 heterocycles. The molecule has 4 heteroatoms. The SMILES string of the molecule is CC(C)(C)[S@@](=O)N1CCOC[C@H]1c1ccccc1. The zero-order valence-corrected chi connectivity index (χ0v) is 12.1. The number of benzene rings is 1. The van der Waals surface area contributed by atoms with Crippen LogP contribution in [-0.4, -0.2) is 33.0 Å². The van der Waals surface area contributed by atoms with Gasteiger partial charge in [-0.1, -0.05) is 30.3 Å². The molecule has 1 aliphatic rings. The van der Waals surface area contributed by atoms with Crippen molar-refractivity contribution < 1.29 is 8.95 Å². The number of hydrogen-bond donors (Lipinski definition) is 0. The van der Waals surface area contributed by atoms with Gasteiger partial charge in [-0.25, -0.2) is 8.51 Å². The van der Waals surface area contributed by atoms with Gasteiger partial charge in [0.15, 0.2) is 0 Å². The van der Waals surface area contributed by atoms with Crippen LogP contribution in [0.3, 0.4) is 0 Å². The Labute approximate surface area is 112 Å². The van der Waals surface area contributed by atoms with Crippen molar-refractivity contribution in [3.05, 3.63) is 35.9 Å². The largest absolute Gasteiger partial charge is 0.378 e. The molecule has 0 bridgehead atoms. The lowest BCUT2D eigenvalue weighted by Crippen LogP contribution is -2.46. The van der Waals surface area contributed by atoms with E-state index in [1.54, 1.807) is 0 Å². The van der Waals surface area contributed by atoms with Crippen LogP contribution in [0.25, 0.3) is 0 Å². The van der Waals surface area contributed by atoms with Gasteiger partial charge in [0.2, 0.25) is 0 Å². The zero-order chi connectivity index (χ0) is 13.2. The number of nitrogens with zero attached hydrogens (tertiary/aromatic N) is 1. The van der Waals surface area contributed by atoms with Crippen LogP contribution in [0.15, 0.2) is 30.3 Å². The smallest absolute Gasteiger partial charge is 0.100 e. The fourth-order valence-electron chi connectivity index (χ4n) is 2.08. The molecule has 0 aliphatic carbocycles. The molecule has 0 unspecified atom stereocenters. The summed E-state index contributed by atoms with van der Waals surface area (Å²) >= 11 is 0. The number of morpholine rings is 1. The lowest BCUT2D eigenvalue weighted by molar-refractivity contribution is 0.0337. The van der Waals surface area contributed by atoms with Crippen LogP contribution < -0.4 is 0 Å². The second-order valence-corrected chi connectivity index (χ2v) is 7.70. The maximum absolute atomic E-state index is 12.6. The van der Waals surface area contributed by atoms with E-state index in [1.807, 2.05) is 39.0 Å². The Morgan fingerprint density at radius 3 is 2.56 bits per heavy atom. The molecule has 2 rings (SSSR count). The summed E-state index contributed by atoms with van der Waals surface area (Å²) in [5.41, 5.74) is 1.18. The van der Waals surface area contributed by atoms with Gasteiger partial charge in [-0.3, -0.25) is 0 Å². The van der Waals surface area contributed by atoms with Gasteiger partial charge in [-0.2, -0.15) is 0 Å². The van der Waals surface area contributed by atoms with Gasteiger partial charge in [0.25, 0.3) is 0 Å². The summed E-state index contributed by atoms with van der Waals surface area (Å²) in [4.78, 5) is 0. The Bertz CT molecular complexity index is 414. The van der Waals surface area contributed by atoms with Crippen molar-refractivity contribution in [2.75, 3.05) is 19.8 Å². The van der Waals surface area contributed by atoms with Gasteiger partial charge in [0.05, 0.1) is 24.0 Å². The lowest BCUT2D eigenvalue weighted by atomic mass is 10.1. The highest BCUT2D eigenvalue weighted by Crippen LogP contribution is 2.29.